The first-order valence-corrected chi connectivity index (χ1v) is 8.99. The Kier molecular flexibility index (Phi) is 4.93. The van der Waals surface area contributed by atoms with E-state index in [4.69, 9.17) is 14.7 Å². The Balaban J connectivity index is 1.84. The Bertz CT molecular complexity index is 618. The molecule has 2 heterocycles. The molecule has 1 aliphatic carbocycles. The molecule has 5 nitrogen and oxygen atoms in total. The standard InChI is InChI=1S/C20H28O5/c1-13-7-8-16-20(4,24-16)11-9-15-14(12-23-18(21)17(13)15)6-5-10-19(2,3)25-22/h5-6,10,15-17,22H,1,7-9,11-12H2,2-4H3/b10-5+,14-6?/t15-,16+,17+,20+/m1/s1. The normalized spacial score (nSPS) is 37.8. The van der Waals surface area contributed by atoms with Gasteiger partial charge in [0.25, 0.3) is 0 Å². The number of ether oxygens (including phenoxy) is 2. The molecule has 4 atom stereocenters. The summed E-state index contributed by atoms with van der Waals surface area (Å²) >= 11 is 0. The van der Waals surface area contributed by atoms with Gasteiger partial charge in [0, 0.05) is 5.92 Å². The average Bonchev–Trinajstić information content (AvgIpc) is 3.21. The van der Waals surface area contributed by atoms with Crippen molar-refractivity contribution in [2.24, 2.45) is 11.8 Å². The van der Waals surface area contributed by atoms with Crippen LogP contribution in [0.25, 0.3) is 0 Å². The van der Waals surface area contributed by atoms with Crippen LogP contribution in [0.1, 0.15) is 46.5 Å². The zero-order valence-electron chi connectivity index (χ0n) is 15.3. The lowest BCUT2D eigenvalue weighted by molar-refractivity contribution is -0.297. The van der Waals surface area contributed by atoms with Crippen molar-refractivity contribution in [3.8, 4) is 0 Å². The summed E-state index contributed by atoms with van der Waals surface area (Å²) in [6, 6.07) is 0. The zero-order valence-corrected chi connectivity index (χ0v) is 15.3. The maximum absolute atomic E-state index is 12.4. The maximum atomic E-state index is 12.4. The number of carbonyl (C=O) groups excluding carboxylic acids is 1. The third-order valence-electron chi connectivity index (χ3n) is 5.71. The molecular weight excluding hydrogens is 320 g/mol. The minimum Gasteiger partial charge on any atom is -0.461 e. The number of esters is 1. The molecule has 2 saturated heterocycles. The van der Waals surface area contributed by atoms with Crippen molar-refractivity contribution in [1.29, 1.82) is 0 Å². The predicted octanol–water partition coefficient (Wildman–Crippen LogP) is 3.81. The molecule has 3 aliphatic rings. The van der Waals surface area contributed by atoms with Crippen molar-refractivity contribution in [2.45, 2.75) is 63.8 Å². The summed E-state index contributed by atoms with van der Waals surface area (Å²) in [5.41, 5.74) is 1.22. The molecule has 0 bridgehead atoms. The van der Waals surface area contributed by atoms with Gasteiger partial charge in [0.2, 0.25) is 0 Å². The highest BCUT2D eigenvalue weighted by Crippen LogP contribution is 2.49. The van der Waals surface area contributed by atoms with E-state index in [0.717, 1.165) is 36.8 Å². The molecule has 3 fully saturated rings. The van der Waals surface area contributed by atoms with Crippen LogP contribution < -0.4 is 0 Å². The van der Waals surface area contributed by atoms with Gasteiger partial charge in [-0.2, -0.15) is 0 Å². The van der Waals surface area contributed by atoms with Crippen LogP contribution in [-0.4, -0.2) is 35.1 Å². The van der Waals surface area contributed by atoms with E-state index >= 15 is 0 Å². The molecular formula is C20H28O5. The molecule has 138 valence electrons. The van der Waals surface area contributed by atoms with Gasteiger partial charge in [0.05, 0.1) is 17.6 Å². The summed E-state index contributed by atoms with van der Waals surface area (Å²) in [5, 5.41) is 8.88. The van der Waals surface area contributed by atoms with Crippen LogP contribution in [0.3, 0.4) is 0 Å². The molecule has 2 aliphatic heterocycles. The van der Waals surface area contributed by atoms with Gasteiger partial charge in [-0.15, -0.1) is 0 Å². The van der Waals surface area contributed by atoms with E-state index in [-0.39, 0.29) is 29.5 Å². The Morgan fingerprint density at radius 2 is 2.16 bits per heavy atom. The van der Waals surface area contributed by atoms with Gasteiger partial charge in [-0.25, -0.2) is 4.89 Å². The number of fused-ring (bicyclic) bond motifs is 2. The highest BCUT2D eigenvalue weighted by molar-refractivity contribution is 5.78. The molecule has 5 heteroatoms. The van der Waals surface area contributed by atoms with Crippen molar-refractivity contribution >= 4 is 5.97 Å². The summed E-state index contributed by atoms with van der Waals surface area (Å²) < 4.78 is 11.3. The SMILES string of the molecule is C=C1CC[C@@H]2O[C@@]2(C)CC[C@@H]2C(=C/C=C/C(C)(C)OO)COC(=O)[C@@H]12. The van der Waals surface area contributed by atoms with Crippen molar-refractivity contribution in [2.75, 3.05) is 6.61 Å². The number of cyclic esters (lactones) is 1. The van der Waals surface area contributed by atoms with Gasteiger partial charge in [0.15, 0.2) is 0 Å². The Morgan fingerprint density at radius 3 is 2.88 bits per heavy atom. The minimum absolute atomic E-state index is 0.0514. The second kappa shape index (κ2) is 6.71. The van der Waals surface area contributed by atoms with Gasteiger partial charge in [-0.05, 0) is 52.0 Å². The smallest absolute Gasteiger partial charge is 0.313 e. The van der Waals surface area contributed by atoms with Gasteiger partial charge in [-0.1, -0.05) is 30.4 Å². The lowest BCUT2D eigenvalue weighted by Crippen LogP contribution is -2.36. The van der Waals surface area contributed by atoms with Crippen molar-refractivity contribution in [3.05, 3.63) is 36.0 Å². The fourth-order valence-electron chi connectivity index (χ4n) is 3.93. The fourth-order valence-corrected chi connectivity index (χ4v) is 3.93. The van der Waals surface area contributed by atoms with Gasteiger partial charge < -0.3 is 9.47 Å². The second-order valence-electron chi connectivity index (χ2n) is 8.14. The van der Waals surface area contributed by atoms with Crippen molar-refractivity contribution < 1.29 is 24.4 Å². The fraction of sp³-hybridized carbons (Fsp3) is 0.650. The molecule has 1 saturated carbocycles. The number of hydrogen-bond acceptors (Lipinski definition) is 5. The monoisotopic (exact) mass is 348 g/mol. The molecule has 0 spiro atoms. The van der Waals surface area contributed by atoms with Crippen LogP contribution in [0.2, 0.25) is 0 Å². The third-order valence-corrected chi connectivity index (χ3v) is 5.71. The highest BCUT2D eigenvalue weighted by atomic mass is 17.1. The second-order valence-corrected chi connectivity index (χ2v) is 8.14. The Morgan fingerprint density at radius 1 is 1.40 bits per heavy atom. The van der Waals surface area contributed by atoms with E-state index in [1.165, 1.54) is 0 Å². The first-order valence-electron chi connectivity index (χ1n) is 8.99. The van der Waals surface area contributed by atoms with E-state index in [1.54, 1.807) is 19.9 Å². The van der Waals surface area contributed by atoms with Crippen LogP contribution in [0, 0.1) is 11.8 Å². The lowest BCUT2D eigenvalue weighted by Gasteiger charge is -2.34. The van der Waals surface area contributed by atoms with Gasteiger partial charge in [0.1, 0.15) is 12.2 Å². The molecule has 0 radical (unpaired) electrons. The van der Waals surface area contributed by atoms with Crippen molar-refractivity contribution in [1.82, 2.24) is 0 Å². The number of hydrogen-bond donors (Lipinski definition) is 1. The molecule has 0 aromatic rings. The molecule has 0 aromatic carbocycles. The molecule has 0 amide bonds. The van der Waals surface area contributed by atoms with Crippen LogP contribution in [-0.2, 0) is 19.2 Å². The molecule has 25 heavy (non-hydrogen) atoms. The van der Waals surface area contributed by atoms with E-state index in [1.807, 2.05) is 12.2 Å². The molecule has 1 N–H and O–H groups in total. The molecule has 3 rings (SSSR count). The average molecular weight is 348 g/mol. The summed E-state index contributed by atoms with van der Waals surface area (Å²) in [6.07, 6.45) is 9.43. The van der Waals surface area contributed by atoms with E-state index in [0.29, 0.717) is 6.61 Å². The van der Waals surface area contributed by atoms with Crippen LogP contribution in [0.5, 0.6) is 0 Å². The van der Waals surface area contributed by atoms with Crippen molar-refractivity contribution in [3.63, 3.8) is 0 Å². The quantitative estimate of drug-likeness (QED) is 0.276. The number of rotatable bonds is 3. The van der Waals surface area contributed by atoms with E-state index in [2.05, 4.69) is 18.4 Å². The third kappa shape index (κ3) is 3.89. The van der Waals surface area contributed by atoms with Crippen LogP contribution in [0.15, 0.2) is 36.0 Å². The first kappa shape index (κ1) is 18.4. The Labute approximate surface area is 149 Å². The summed E-state index contributed by atoms with van der Waals surface area (Å²) in [6.45, 7) is 10.2. The van der Waals surface area contributed by atoms with Crippen LogP contribution >= 0.6 is 0 Å². The first-order chi connectivity index (χ1) is 11.8. The summed E-state index contributed by atoms with van der Waals surface area (Å²) in [7, 11) is 0. The predicted molar refractivity (Wildman–Crippen MR) is 93.8 cm³/mol. The van der Waals surface area contributed by atoms with Crippen LogP contribution in [0.4, 0.5) is 0 Å². The van der Waals surface area contributed by atoms with Gasteiger partial charge >= 0.3 is 5.97 Å². The number of epoxide rings is 1. The van der Waals surface area contributed by atoms with E-state index in [9.17, 15) is 4.79 Å². The van der Waals surface area contributed by atoms with Gasteiger partial charge in [-0.3, -0.25) is 10.1 Å². The minimum atomic E-state index is -0.758. The maximum Gasteiger partial charge on any atom is 0.313 e. The highest BCUT2D eigenvalue weighted by Gasteiger charge is 2.53. The lowest BCUT2D eigenvalue weighted by atomic mass is 9.76. The number of allylic oxidation sites excluding steroid dienone is 2. The summed E-state index contributed by atoms with van der Waals surface area (Å²) in [5.74, 6) is -0.329. The van der Waals surface area contributed by atoms with E-state index < -0.39 is 5.60 Å². The Hall–Kier alpha value is -1.43. The topological polar surface area (TPSA) is 68.3 Å². The number of carbonyl (C=O) groups is 1. The molecule has 0 unspecified atom stereocenters. The largest absolute Gasteiger partial charge is 0.461 e. The zero-order chi connectivity index (χ0) is 18.2. The molecule has 0 aromatic heterocycles. The summed E-state index contributed by atoms with van der Waals surface area (Å²) in [4.78, 5) is 16.8.